The number of hydrogen-bond donors (Lipinski definition) is 2. The molecule has 28 heavy (non-hydrogen) atoms. The lowest BCUT2D eigenvalue weighted by atomic mass is 9.82. The SMILES string of the molecule is N#CC1=C(N)Oc2n[nH]c(-c3ccccc3)c2[C@H]1c1cccc(C(F)(F)F)c1. The second kappa shape index (κ2) is 6.46. The number of benzene rings is 2. The predicted molar refractivity (Wildman–Crippen MR) is 94.8 cm³/mol. The molecular formula is C20H13F3N4O. The minimum atomic E-state index is -4.51. The minimum absolute atomic E-state index is 0.0328. The quantitative estimate of drug-likeness (QED) is 0.691. The van der Waals surface area contributed by atoms with Crippen molar-refractivity contribution in [2.75, 3.05) is 0 Å². The number of fused-ring (bicyclic) bond motifs is 1. The van der Waals surface area contributed by atoms with Gasteiger partial charge >= 0.3 is 6.18 Å². The maximum absolute atomic E-state index is 13.2. The molecule has 0 bridgehead atoms. The van der Waals surface area contributed by atoms with Gasteiger partial charge in [-0.1, -0.05) is 48.5 Å². The Morgan fingerprint density at radius 2 is 1.86 bits per heavy atom. The van der Waals surface area contributed by atoms with Gasteiger partial charge in [-0.25, -0.2) is 0 Å². The van der Waals surface area contributed by atoms with Crippen LogP contribution in [0.3, 0.4) is 0 Å². The van der Waals surface area contributed by atoms with Gasteiger partial charge in [0.05, 0.1) is 22.7 Å². The van der Waals surface area contributed by atoms with E-state index in [9.17, 15) is 18.4 Å². The Labute approximate surface area is 157 Å². The third-order valence-corrected chi connectivity index (χ3v) is 4.55. The standard InChI is InChI=1S/C20H13F3N4O/c21-20(22,23)13-8-4-7-12(9-13)15-14(10-24)18(25)28-19-16(15)17(26-27-19)11-5-2-1-3-6-11/h1-9,15H,25H2,(H,26,27)/t15-/m0/s1. The van der Waals surface area contributed by atoms with E-state index < -0.39 is 17.7 Å². The summed E-state index contributed by atoms with van der Waals surface area (Å²) >= 11 is 0. The first-order valence-electron chi connectivity index (χ1n) is 8.28. The van der Waals surface area contributed by atoms with Gasteiger partial charge in [-0.2, -0.15) is 18.4 Å². The molecule has 1 aliphatic heterocycles. The van der Waals surface area contributed by atoms with Gasteiger partial charge in [0, 0.05) is 0 Å². The average Bonchev–Trinajstić information content (AvgIpc) is 3.10. The van der Waals surface area contributed by atoms with Crippen molar-refractivity contribution in [3.63, 3.8) is 0 Å². The number of halogens is 3. The maximum atomic E-state index is 13.2. The third-order valence-electron chi connectivity index (χ3n) is 4.55. The highest BCUT2D eigenvalue weighted by molar-refractivity contribution is 5.70. The van der Waals surface area contributed by atoms with Crippen LogP contribution in [-0.4, -0.2) is 10.2 Å². The molecule has 2 aromatic carbocycles. The Kier molecular flexibility index (Phi) is 4.08. The number of alkyl halides is 3. The van der Waals surface area contributed by atoms with E-state index in [0.29, 0.717) is 11.3 Å². The van der Waals surface area contributed by atoms with Gasteiger partial charge in [0.2, 0.25) is 11.8 Å². The summed E-state index contributed by atoms with van der Waals surface area (Å²) in [6.45, 7) is 0. The van der Waals surface area contributed by atoms with Crippen LogP contribution in [0.25, 0.3) is 11.3 Å². The number of nitrogens with zero attached hydrogens (tertiary/aromatic N) is 2. The molecule has 1 atom stereocenters. The number of aromatic amines is 1. The highest BCUT2D eigenvalue weighted by Gasteiger charge is 2.37. The maximum Gasteiger partial charge on any atom is 0.416 e. The van der Waals surface area contributed by atoms with Crippen molar-refractivity contribution in [2.45, 2.75) is 12.1 Å². The molecule has 140 valence electrons. The van der Waals surface area contributed by atoms with Crippen molar-refractivity contribution in [3.05, 3.63) is 82.7 Å². The van der Waals surface area contributed by atoms with Crippen LogP contribution in [0.4, 0.5) is 13.2 Å². The molecule has 3 aromatic rings. The summed E-state index contributed by atoms with van der Waals surface area (Å²) in [4.78, 5) is 0. The van der Waals surface area contributed by atoms with Gasteiger partial charge in [0.1, 0.15) is 11.6 Å². The van der Waals surface area contributed by atoms with Crippen molar-refractivity contribution in [3.8, 4) is 23.2 Å². The Morgan fingerprint density at radius 1 is 1.11 bits per heavy atom. The van der Waals surface area contributed by atoms with Crippen LogP contribution in [0.1, 0.15) is 22.6 Å². The first kappa shape index (κ1) is 17.7. The molecule has 0 fully saturated rings. The summed E-state index contributed by atoms with van der Waals surface area (Å²) in [6, 6.07) is 15.9. The van der Waals surface area contributed by atoms with Crippen LogP contribution < -0.4 is 10.5 Å². The molecule has 0 saturated heterocycles. The largest absolute Gasteiger partial charge is 0.420 e. The van der Waals surface area contributed by atoms with E-state index in [0.717, 1.165) is 17.7 Å². The summed E-state index contributed by atoms with van der Waals surface area (Å²) in [7, 11) is 0. The van der Waals surface area contributed by atoms with E-state index in [4.69, 9.17) is 10.5 Å². The molecule has 1 aliphatic rings. The fourth-order valence-electron chi connectivity index (χ4n) is 3.30. The zero-order chi connectivity index (χ0) is 19.9. The smallest absolute Gasteiger partial charge is 0.416 e. The van der Waals surface area contributed by atoms with Crippen LogP contribution in [0, 0.1) is 11.3 Å². The monoisotopic (exact) mass is 382 g/mol. The molecule has 0 amide bonds. The number of aromatic nitrogens is 2. The Morgan fingerprint density at radius 3 is 2.54 bits per heavy atom. The first-order chi connectivity index (χ1) is 13.4. The molecular weight excluding hydrogens is 369 g/mol. The number of nitrogens with two attached hydrogens (primary N) is 1. The molecule has 2 heterocycles. The zero-order valence-corrected chi connectivity index (χ0v) is 14.3. The molecule has 0 saturated carbocycles. The second-order valence-corrected chi connectivity index (χ2v) is 6.23. The average molecular weight is 382 g/mol. The fourth-order valence-corrected chi connectivity index (χ4v) is 3.30. The lowest BCUT2D eigenvalue weighted by Crippen LogP contribution is -2.21. The highest BCUT2D eigenvalue weighted by Crippen LogP contribution is 2.46. The molecule has 3 N–H and O–H groups in total. The highest BCUT2D eigenvalue weighted by atomic mass is 19.4. The first-order valence-corrected chi connectivity index (χ1v) is 8.28. The van der Waals surface area contributed by atoms with Gasteiger partial charge in [-0.3, -0.25) is 5.10 Å². The topological polar surface area (TPSA) is 87.7 Å². The Hall–Kier alpha value is -3.73. The lowest BCUT2D eigenvalue weighted by Gasteiger charge is -2.24. The normalized spacial score (nSPS) is 16.3. The minimum Gasteiger partial charge on any atom is -0.420 e. The molecule has 0 spiro atoms. The van der Waals surface area contributed by atoms with E-state index in [2.05, 4.69) is 10.2 Å². The summed E-state index contributed by atoms with van der Waals surface area (Å²) in [5.74, 6) is -0.883. The van der Waals surface area contributed by atoms with E-state index in [1.807, 2.05) is 36.4 Å². The van der Waals surface area contributed by atoms with E-state index in [1.54, 1.807) is 0 Å². The second-order valence-electron chi connectivity index (χ2n) is 6.23. The lowest BCUT2D eigenvalue weighted by molar-refractivity contribution is -0.137. The van der Waals surface area contributed by atoms with Gasteiger partial charge in [0.15, 0.2) is 0 Å². The summed E-state index contributed by atoms with van der Waals surface area (Å²) in [5, 5.41) is 16.6. The van der Waals surface area contributed by atoms with Crippen LogP contribution in [-0.2, 0) is 6.18 Å². The zero-order valence-electron chi connectivity index (χ0n) is 14.3. The molecule has 8 heteroatoms. The summed E-state index contributed by atoms with van der Waals surface area (Å²) in [5.41, 5.74) is 7.15. The molecule has 0 unspecified atom stereocenters. The van der Waals surface area contributed by atoms with Crippen LogP contribution >= 0.6 is 0 Å². The number of allylic oxidation sites excluding steroid dienone is 1. The molecule has 0 radical (unpaired) electrons. The Bertz CT molecular complexity index is 1110. The van der Waals surface area contributed by atoms with Gasteiger partial charge in [0.25, 0.3) is 0 Å². The van der Waals surface area contributed by atoms with Crippen molar-refractivity contribution in [1.82, 2.24) is 10.2 Å². The number of hydrogen-bond acceptors (Lipinski definition) is 4. The summed E-state index contributed by atoms with van der Waals surface area (Å²) in [6.07, 6.45) is -4.51. The van der Waals surface area contributed by atoms with Crippen LogP contribution in [0.5, 0.6) is 5.88 Å². The third kappa shape index (κ3) is 2.87. The summed E-state index contributed by atoms with van der Waals surface area (Å²) < 4.78 is 45.1. The molecule has 5 nitrogen and oxygen atoms in total. The van der Waals surface area contributed by atoms with Crippen molar-refractivity contribution in [1.29, 1.82) is 5.26 Å². The number of nitrogens with one attached hydrogen (secondary N) is 1. The van der Waals surface area contributed by atoms with Gasteiger partial charge in [-0.05, 0) is 17.2 Å². The van der Waals surface area contributed by atoms with Gasteiger partial charge < -0.3 is 10.5 Å². The van der Waals surface area contributed by atoms with Gasteiger partial charge in [-0.15, -0.1) is 5.10 Å². The number of H-pyrrole nitrogens is 1. The van der Waals surface area contributed by atoms with E-state index >= 15 is 0 Å². The predicted octanol–water partition coefficient (Wildman–Crippen LogP) is 4.31. The number of ether oxygens (including phenoxy) is 1. The van der Waals surface area contributed by atoms with Crippen molar-refractivity contribution in [2.24, 2.45) is 5.73 Å². The van der Waals surface area contributed by atoms with E-state index in [1.165, 1.54) is 12.1 Å². The fraction of sp³-hybridized carbons (Fsp3) is 0.100. The van der Waals surface area contributed by atoms with Crippen molar-refractivity contribution < 1.29 is 17.9 Å². The Balaban J connectivity index is 1.95. The number of rotatable bonds is 2. The number of nitriles is 1. The van der Waals surface area contributed by atoms with Crippen molar-refractivity contribution >= 4 is 0 Å². The molecule has 0 aliphatic carbocycles. The molecule has 4 rings (SSSR count). The van der Waals surface area contributed by atoms with E-state index in [-0.39, 0.29) is 22.9 Å². The van der Waals surface area contributed by atoms with Crippen LogP contribution in [0.2, 0.25) is 0 Å². The van der Waals surface area contributed by atoms with Crippen LogP contribution in [0.15, 0.2) is 66.1 Å². The molecule has 1 aromatic heterocycles.